The minimum absolute atomic E-state index is 0.145. The molecule has 0 aliphatic rings. The maximum Gasteiger partial charge on any atom is 0.267 e. The number of fused-ring (bicyclic) bond motifs is 1. The molecular formula is C23H19N3O2. The fourth-order valence-electron chi connectivity index (χ4n) is 3.04. The number of aryl methyl sites for hydroxylation is 1. The van der Waals surface area contributed by atoms with Crippen molar-refractivity contribution in [3.8, 4) is 11.3 Å². The van der Waals surface area contributed by atoms with Gasteiger partial charge in [-0.25, -0.2) is 4.68 Å². The molecule has 0 fully saturated rings. The van der Waals surface area contributed by atoms with Gasteiger partial charge < -0.3 is 5.32 Å². The number of carbonyl (C=O) groups is 1. The lowest BCUT2D eigenvalue weighted by molar-refractivity contribution is -0.117. The van der Waals surface area contributed by atoms with Crippen molar-refractivity contribution in [2.45, 2.75) is 13.5 Å². The molecule has 0 atom stereocenters. The summed E-state index contributed by atoms with van der Waals surface area (Å²) in [6, 6.07) is 24.7. The van der Waals surface area contributed by atoms with E-state index < -0.39 is 0 Å². The number of aromatic nitrogens is 2. The molecule has 0 saturated heterocycles. The maximum absolute atomic E-state index is 12.3. The molecule has 0 aliphatic carbocycles. The van der Waals surface area contributed by atoms with Gasteiger partial charge in [-0.2, -0.15) is 5.10 Å². The quantitative estimate of drug-likeness (QED) is 0.591. The first-order valence-corrected chi connectivity index (χ1v) is 9.02. The van der Waals surface area contributed by atoms with E-state index in [1.165, 1.54) is 10.7 Å². The van der Waals surface area contributed by atoms with E-state index in [0.717, 1.165) is 21.9 Å². The molecule has 1 heterocycles. The molecule has 0 aliphatic heterocycles. The Bertz CT molecular complexity index is 1210. The highest BCUT2D eigenvalue weighted by Crippen LogP contribution is 2.22. The first kappa shape index (κ1) is 17.7. The normalized spacial score (nSPS) is 10.8. The van der Waals surface area contributed by atoms with E-state index in [-0.39, 0.29) is 18.0 Å². The fraction of sp³-hybridized carbons (Fsp3) is 0.0870. The zero-order valence-electron chi connectivity index (χ0n) is 15.4. The van der Waals surface area contributed by atoms with Gasteiger partial charge in [0.1, 0.15) is 6.54 Å². The van der Waals surface area contributed by atoms with Crippen LogP contribution in [0.5, 0.6) is 0 Å². The minimum Gasteiger partial charge on any atom is -0.324 e. The van der Waals surface area contributed by atoms with Crippen molar-refractivity contribution in [2.24, 2.45) is 0 Å². The predicted octanol–water partition coefficient (Wildman–Crippen LogP) is 4.01. The third-order valence-electron chi connectivity index (χ3n) is 4.54. The minimum atomic E-state index is -0.316. The molecule has 4 rings (SSSR count). The van der Waals surface area contributed by atoms with E-state index in [2.05, 4.69) is 10.4 Å². The summed E-state index contributed by atoms with van der Waals surface area (Å²) in [4.78, 5) is 24.5. The summed E-state index contributed by atoms with van der Waals surface area (Å²) in [6.45, 7) is 1.83. The van der Waals surface area contributed by atoms with Crippen LogP contribution in [0.4, 0.5) is 5.69 Å². The van der Waals surface area contributed by atoms with Gasteiger partial charge in [-0.15, -0.1) is 0 Å². The van der Waals surface area contributed by atoms with Gasteiger partial charge in [0.2, 0.25) is 5.91 Å². The van der Waals surface area contributed by atoms with Gasteiger partial charge in [-0.1, -0.05) is 54.1 Å². The first-order valence-electron chi connectivity index (χ1n) is 9.02. The van der Waals surface area contributed by atoms with E-state index in [1.807, 2.05) is 73.7 Å². The Morgan fingerprint density at radius 2 is 1.68 bits per heavy atom. The molecule has 0 bridgehead atoms. The van der Waals surface area contributed by atoms with E-state index in [9.17, 15) is 9.59 Å². The smallest absolute Gasteiger partial charge is 0.267 e. The standard InChI is InChI=1S/C23H19N3O2/c1-16-6-10-20(11-7-16)24-22(27)15-26-23(28)13-12-21(25-26)19-9-8-17-4-2-3-5-18(17)14-19/h2-14H,15H2,1H3,(H,24,27). The summed E-state index contributed by atoms with van der Waals surface area (Å²) >= 11 is 0. The lowest BCUT2D eigenvalue weighted by Gasteiger charge is -2.09. The van der Waals surface area contributed by atoms with Crippen LogP contribution < -0.4 is 10.9 Å². The van der Waals surface area contributed by atoms with Crippen molar-refractivity contribution in [3.05, 3.63) is 94.8 Å². The molecule has 3 aromatic carbocycles. The number of hydrogen-bond donors (Lipinski definition) is 1. The second-order valence-corrected chi connectivity index (χ2v) is 6.69. The van der Waals surface area contributed by atoms with Crippen molar-refractivity contribution in [1.82, 2.24) is 9.78 Å². The summed E-state index contributed by atoms with van der Waals surface area (Å²) in [5, 5.41) is 9.41. The summed E-state index contributed by atoms with van der Waals surface area (Å²) < 4.78 is 1.19. The predicted molar refractivity (Wildman–Crippen MR) is 111 cm³/mol. The van der Waals surface area contributed by atoms with Crippen LogP contribution in [-0.2, 0) is 11.3 Å². The van der Waals surface area contributed by atoms with Crippen LogP contribution >= 0.6 is 0 Å². The highest BCUT2D eigenvalue weighted by Gasteiger charge is 2.09. The topological polar surface area (TPSA) is 64.0 Å². The monoisotopic (exact) mass is 369 g/mol. The SMILES string of the molecule is Cc1ccc(NC(=O)Cn2nc(-c3ccc4ccccc4c3)ccc2=O)cc1. The number of nitrogens with zero attached hydrogens (tertiary/aromatic N) is 2. The zero-order chi connectivity index (χ0) is 19.5. The third-order valence-corrected chi connectivity index (χ3v) is 4.54. The third kappa shape index (κ3) is 3.83. The summed E-state index contributed by atoms with van der Waals surface area (Å²) in [7, 11) is 0. The molecule has 0 spiro atoms. The Morgan fingerprint density at radius 3 is 2.46 bits per heavy atom. The Labute approximate surface area is 162 Å². The molecule has 4 aromatic rings. The molecule has 1 aromatic heterocycles. The van der Waals surface area contributed by atoms with Gasteiger partial charge in [0.05, 0.1) is 5.69 Å². The number of rotatable bonds is 4. The van der Waals surface area contributed by atoms with Gasteiger partial charge in [-0.3, -0.25) is 9.59 Å². The van der Waals surface area contributed by atoms with Crippen molar-refractivity contribution >= 4 is 22.4 Å². The number of benzene rings is 3. The summed E-state index contributed by atoms with van der Waals surface area (Å²) in [5.74, 6) is -0.297. The van der Waals surface area contributed by atoms with Crippen molar-refractivity contribution in [3.63, 3.8) is 0 Å². The van der Waals surface area contributed by atoms with Crippen LogP contribution in [0, 0.1) is 6.92 Å². The molecule has 28 heavy (non-hydrogen) atoms. The second-order valence-electron chi connectivity index (χ2n) is 6.69. The Hall–Kier alpha value is -3.73. The molecule has 0 unspecified atom stereocenters. The zero-order valence-corrected chi connectivity index (χ0v) is 15.4. The Balaban J connectivity index is 1.58. The van der Waals surface area contributed by atoms with Crippen LogP contribution in [0.15, 0.2) is 83.7 Å². The summed E-state index contributed by atoms with van der Waals surface area (Å²) in [6.07, 6.45) is 0. The van der Waals surface area contributed by atoms with Crippen molar-refractivity contribution < 1.29 is 4.79 Å². The highest BCUT2D eigenvalue weighted by atomic mass is 16.2. The Morgan fingerprint density at radius 1 is 0.929 bits per heavy atom. The number of nitrogens with one attached hydrogen (secondary N) is 1. The number of amides is 1. The molecule has 0 radical (unpaired) electrons. The van der Waals surface area contributed by atoms with Gasteiger partial charge in [0.15, 0.2) is 0 Å². The van der Waals surface area contributed by atoms with Gasteiger partial charge in [-0.05, 0) is 42.0 Å². The van der Waals surface area contributed by atoms with Gasteiger partial charge in [0.25, 0.3) is 5.56 Å². The van der Waals surface area contributed by atoms with E-state index in [4.69, 9.17) is 0 Å². The lowest BCUT2D eigenvalue weighted by atomic mass is 10.1. The molecule has 138 valence electrons. The first-order chi connectivity index (χ1) is 13.6. The van der Waals surface area contributed by atoms with Gasteiger partial charge in [0, 0.05) is 17.3 Å². The highest BCUT2D eigenvalue weighted by molar-refractivity contribution is 5.90. The van der Waals surface area contributed by atoms with Crippen molar-refractivity contribution in [2.75, 3.05) is 5.32 Å². The molecule has 0 saturated carbocycles. The van der Waals surface area contributed by atoms with Crippen molar-refractivity contribution in [1.29, 1.82) is 0 Å². The Kier molecular flexibility index (Phi) is 4.72. The van der Waals surface area contributed by atoms with E-state index in [1.54, 1.807) is 6.07 Å². The molecule has 5 heteroatoms. The average molecular weight is 369 g/mol. The van der Waals surface area contributed by atoms with Gasteiger partial charge >= 0.3 is 0 Å². The largest absolute Gasteiger partial charge is 0.324 e. The summed E-state index contributed by atoms with van der Waals surface area (Å²) in [5.41, 5.74) is 3.02. The van der Waals surface area contributed by atoms with Crippen LogP contribution in [-0.4, -0.2) is 15.7 Å². The van der Waals surface area contributed by atoms with Crippen LogP contribution in [0.3, 0.4) is 0 Å². The maximum atomic E-state index is 12.3. The van der Waals surface area contributed by atoms with E-state index in [0.29, 0.717) is 11.4 Å². The van der Waals surface area contributed by atoms with Crippen LogP contribution in [0.1, 0.15) is 5.56 Å². The van der Waals surface area contributed by atoms with Crippen LogP contribution in [0.25, 0.3) is 22.0 Å². The number of anilines is 1. The number of hydrogen-bond acceptors (Lipinski definition) is 3. The second kappa shape index (κ2) is 7.48. The lowest BCUT2D eigenvalue weighted by Crippen LogP contribution is -2.29. The average Bonchev–Trinajstić information content (AvgIpc) is 2.71. The van der Waals surface area contributed by atoms with Crippen LogP contribution in [0.2, 0.25) is 0 Å². The number of carbonyl (C=O) groups excluding carboxylic acids is 1. The molecule has 1 N–H and O–H groups in total. The molecule has 5 nitrogen and oxygen atoms in total. The fourth-order valence-corrected chi connectivity index (χ4v) is 3.04. The molecular weight excluding hydrogens is 350 g/mol. The molecule has 1 amide bonds. The van der Waals surface area contributed by atoms with E-state index >= 15 is 0 Å².